The van der Waals surface area contributed by atoms with Crippen LogP contribution < -0.4 is 0 Å². The lowest BCUT2D eigenvalue weighted by Gasteiger charge is -2.39. The largest absolute Gasteiger partial charge is 0.394 e. The average Bonchev–Trinajstić information content (AvgIpc) is 2.18. The molecule has 0 bridgehead atoms. The standard InChI is InChI=1S/C7H13N3O4/c1-3-6(12)5(9-10-8)7(13)4(2-11)14-3/h3-7,11-13H,2H2,1H3/t3-,4?,5?,6?,7+/m0/s1. The number of nitrogens with zero attached hydrogens (tertiary/aromatic N) is 3. The van der Waals surface area contributed by atoms with E-state index in [0.29, 0.717) is 0 Å². The van der Waals surface area contributed by atoms with Gasteiger partial charge in [0.25, 0.3) is 0 Å². The van der Waals surface area contributed by atoms with Crippen LogP contribution in [0.15, 0.2) is 5.11 Å². The normalized spacial score (nSPS) is 43.0. The number of ether oxygens (including phenoxy) is 1. The van der Waals surface area contributed by atoms with Crippen molar-refractivity contribution >= 4 is 0 Å². The van der Waals surface area contributed by atoms with E-state index in [1.54, 1.807) is 6.92 Å². The fourth-order valence-electron chi connectivity index (χ4n) is 1.48. The van der Waals surface area contributed by atoms with E-state index in [9.17, 15) is 10.2 Å². The molecule has 3 unspecified atom stereocenters. The SMILES string of the molecule is C[C@@H]1OC(CO)[C@@H](O)C(N=[N+]=[N-])C1O. The molecule has 0 aromatic heterocycles. The van der Waals surface area contributed by atoms with Gasteiger partial charge < -0.3 is 20.1 Å². The van der Waals surface area contributed by atoms with Gasteiger partial charge in [-0.15, -0.1) is 0 Å². The van der Waals surface area contributed by atoms with Crippen molar-refractivity contribution in [1.29, 1.82) is 0 Å². The predicted octanol–water partition coefficient (Wildman–Crippen LogP) is -0.833. The number of rotatable bonds is 2. The summed E-state index contributed by atoms with van der Waals surface area (Å²) in [5.41, 5.74) is 8.23. The molecule has 14 heavy (non-hydrogen) atoms. The van der Waals surface area contributed by atoms with Gasteiger partial charge in [0.15, 0.2) is 0 Å². The molecule has 5 atom stereocenters. The van der Waals surface area contributed by atoms with Crippen LogP contribution in [-0.4, -0.2) is 52.4 Å². The molecule has 3 N–H and O–H groups in total. The summed E-state index contributed by atoms with van der Waals surface area (Å²) < 4.78 is 5.10. The lowest BCUT2D eigenvalue weighted by Crippen LogP contribution is -2.56. The van der Waals surface area contributed by atoms with Crippen LogP contribution in [0.4, 0.5) is 0 Å². The molecule has 1 heterocycles. The minimum Gasteiger partial charge on any atom is -0.394 e. The first kappa shape index (κ1) is 11.2. The van der Waals surface area contributed by atoms with Gasteiger partial charge in [-0.3, -0.25) is 0 Å². The van der Waals surface area contributed by atoms with Gasteiger partial charge in [-0.2, -0.15) is 0 Å². The Bertz CT molecular complexity index is 243. The molecule has 7 nitrogen and oxygen atoms in total. The summed E-state index contributed by atoms with van der Waals surface area (Å²) in [4.78, 5) is 2.53. The van der Waals surface area contributed by atoms with Crippen molar-refractivity contribution in [2.45, 2.75) is 37.4 Å². The van der Waals surface area contributed by atoms with Crippen LogP contribution in [0, 0.1) is 0 Å². The zero-order valence-corrected chi connectivity index (χ0v) is 7.69. The first-order valence-electron chi connectivity index (χ1n) is 4.28. The van der Waals surface area contributed by atoms with Gasteiger partial charge in [-0.1, -0.05) is 5.11 Å². The molecule has 1 aliphatic rings. The molecule has 0 aromatic carbocycles. The third-order valence-corrected chi connectivity index (χ3v) is 2.32. The van der Waals surface area contributed by atoms with E-state index in [4.69, 9.17) is 15.4 Å². The summed E-state index contributed by atoms with van der Waals surface area (Å²) in [6.45, 7) is 1.20. The van der Waals surface area contributed by atoms with Crippen LogP contribution in [0.25, 0.3) is 10.4 Å². The molecule has 1 fully saturated rings. The summed E-state index contributed by atoms with van der Waals surface area (Å²) in [6, 6.07) is -0.971. The summed E-state index contributed by atoms with van der Waals surface area (Å²) in [6.07, 6.45) is -3.62. The highest BCUT2D eigenvalue weighted by molar-refractivity contribution is 4.95. The van der Waals surface area contributed by atoms with Crippen LogP contribution in [0.1, 0.15) is 6.92 Å². The van der Waals surface area contributed by atoms with Gasteiger partial charge >= 0.3 is 0 Å². The molecule has 1 saturated heterocycles. The Morgan fingerprint density at radius 3 is 2.57 bits per heavy atom. The van der Waals surface area contributed by atoms with Crippen LogP contribution in [0.2, 0.25) is 0 Å². The molecule has 1 aliphatic heterocycles. The van der Waals surface area contributed by atoms with Gasteiger partial charge in [0.1, 0.15) is 6.10 Å². The average molecular weight is 203 g/mol. The van der Waals surface area contributed by atoms with Crippen LogP contribution in [-0.2, 0) is 4.74 Å². The smallest absolute Gasteiger partial charge is 0.107 e. The Hall–Kier alpha value is -0.850. The first-order valence-corrected chi connectivity index (χ1v) is 4.28. The van der Waals surface area contributed by atoms with Crippen molar-refractivity contribution in [3.63, 3.8) is 0 Å². The highest BCUT2D eigenvalue weighted by atomic mass is 16.5. The molecule has 1 rings (SSSR count). The van der Waals surface area contributed by atoms with E-state index in [0.717, 1.165) is 0 Å². The monoisotopic (exact) mass is 203 g/mol. The highest BCUT2D eigenvalue weighted by Gasteiger charge is 2.41. The van der Waals surface area contributed by atoms with Gasteiger partial charge in [0, 0.05) is 4.91 Å². The molecular formula is C7H13N3O4. The Morgan fingerprint density at radius 1 is 1.43 bits per heavy atom. The molecule has 0 radical (unpaired) electrons. The number of hydrogen-bond acceptors (Lipinski definition) is 5. The highest BCUT2D eigenvalue weighted by Crippen LogP contribution is 2.23. The Labute approximate surface area is 80.6 Å². The molecule has 0 spiro atoms. The van der Waals surface area contributed by atoms with Crippen molar-refractivity contribution in [3.8, 4) is 0 Å². The lowest BCUT2D eigenvalue weighted by atomic mass is 9.94. The molecule has 0 aromatic rings. The van der Waals surface area contributed by atoms with Crippen molar-refractivity contribution in [3.05, 3.63) is 10.4 Å². The summed E-state index contributed by atoms with van der Waals surface area (Å²) >= 11 is 0. The van der Waals surface area contributed by atoms with Gasteiger partial charge in [-0.25, -0.2) is 0 Å². The molecule has 0 amide bonds. The van der Waals surface area contributed by atoms with Gasteiger partial charge in [-0.05, 0) is 12.5 Å². The number of azide groups is 1. The second-order valence-corrected chi connectivity index (χ2v) is 3.24. The van der Waals surface area contributed by atoms with E-state index >= 15 is 0 Å². The summed E-state index contributed by atoms with van der Waals surface area (Å²) in [5.74, 6) is 0. The van der Waals surface area contributed by atoms with Crippen molar-refractivity contribution in [1.82, 2.24) is 0 Å². The number of hydrogen-bond donors (Lipinski definition) is 3. The maximum atomic E-state index is 9.54. The molecule has 0 aliphatic carbocycles. The Kier molecular flexibility index (Phi) is 3.68. The molecular weight excluding hydrogens is 190 g/mol. The van der Waals surface area contributed by atoms with Gasteiger partial charge in [0.05, 0.1) is 31.0 Å². The summed E-state index contributed by atoms with van der Waals surface area (Å²) in [7, 11) is 0. The zero-order valence-electron chi connectivity index (χ0n) is 7.69. The lowest BCUT2D eigenvalue weighted by molar-refractivity contribution is -0.182. The van der Waals surface area contributed by atoms with Gasteiger partial charge in [0.2, 0.25) is 0 Å². The topological polar surface area (TPSA) is 119 Å². The van der Waals surface area contributed by atoms with Crippen molar-refractivity contribution in [2.24, 2.45) is 5.11 Å². The maximum Gasteiger partial charge on any atom is 0.107 e. The Balaban J connectivity index is 2.82. The van der Waals surface area contributed by atoms with Crippen molar-refractivity contribution < 1.29 is 20.1 Å². The second kappa shape index (κ2) is 4.59. The minimum atomic E-state index is -1.18. The minimum absolute atomic E-state index is 0.379. The third kappa shape index (κ3) is 1.97. The van der Waals surface area contributed by atoms with Crippen LogP contribution >= 0.6 is 0 Å². The molecule has 80 valence electrons. The van der Waals surface area contributed by atoms with E-state index in [1.807, 2.05) is 0 Å². The number of aliphatic hydroxyl groups is 3. The van der Waals surface area contributed by atoms with E-state index in [2.05, 4.69) is 10.0 Å². The fourth-order valence-corrected chi connectivity index (χ4v) is 1.48. The van der Waals surface area contributed by atoms with Crippen LogP contribution in [0.5, 0.6) is 0 Å². The predicted molar refractivity (Wildman–Crippen MR) is 46.4 cm³/mol. The second-order valence-electron chi connectivity index (χ2n) is 3.24. The van der Waals surface area contributed by atoms with Crippen LogP contribution in [0.3, 0.4) is 0 Å². The van der Waals surface area contributed by atoms with E-state index in [1.165, 1.54) is 0 Å². The zero-order chi connectivity index (χ0) is 10.7. The maximum absolute atomic E-state index is 9.54. The van der Waals surface area contributed by atoms with E-state index in [-0.39, 0.29) is 6.61 Å². The molecule has 7 heteroatoms. The van der Waals surface area contributed by atoms with Crippen molar-refractivity contribution in [2.75, 3.05) is 6.61 Å². The first-order chi connectivity index (χ1) is 6.61. The quantitative estimate of drug-likeness (QED) is 0.308. The third-order valence-electron chi connectivity index (χ3n) is 2.32. The summed E-state index contributed by atoms with van der Waals surface area (Å²) in [5, 5.41) is 31.2. The van der Waals surface area contributed by atoms with E-state index < -0.39 is 30.5 Å². The Morgan fingerprint density at radius 2 is 2.07 bits per heavy atom. The number of aliphatic hydroxyl groups excluding tert-OH is 3. The fraction of sp³-hybridized carbons (Fsp3) is 1.00. The molecule has 0 saturated carbocycles.